The lowest BCUT2D eigenvalue weighted by Crippen LogP contribution is -2.51. The topological polar surface area (TPSA) is 82.4 Å². The van der Waals surface area contributed by atoms with Crippen LogP contribution in [0.2, 0.25) is 0 Å². The van der Waals surface area contributed by atoms with Crippen LogP contribution in [-0.4, -0.2) is 35.5 Å². The van der Waals surface area contributed by atoms with E-state index in [0.29, 0.717) is 24.2 Å². The van der Waals surface area contributed by atoms with Crippen molar-refractivity contribution in [3.63, 3.8) is 0 Å². The van der Waals surface area contributed by atoms with Crippen LogP contribution in [0.3, 0.4) is 0 Å². The minimum Gasteiger partial charge on any atom is -0.492 e. The first-order valence-corrected chi connectivity index (χ1v) is 8.95. The number of rotatable bonds is 4. The van der Waals surface area contributed by atoms with Gasteiger partial charge in [0.05, 0.1) is 18.2 Å². The Labute approximate surface area is 157 Å². The highest BCUT2D eigenvalue weighted by Crippen LogP contribution is 2.33. The number of benzene rings is 2. The van der Waals surface area contributed by atoms with Crippen molar-refractivity contribution in [2.45, 2.75) is 24.8 Å². The van der Waals surface area contributed by atoms with Crippen molar-refractivity contribution >= 4 is 11.9 Å². The number of carbonyl (C=O) groups is 2. The zero-order valence-corrected chi connectivity index (χ0v) is 14.8. The zero-order valence-electron chi connectivity index (χ0n) is 14.8. The third-order valence-electron chi connectivity index (χ3n) is 5.24. The fourth-order valence-corrected chi connectivity index (χ4v) is 3.78. The number of hydrogen-bond donors (Lipinski definition) is 1. The van der Waals surface area contributed by atoms with Gasteiger partial charge in [0.25, 0.3) is 5.91 Å². The van der Waals surface area contributed by atoms with Gasteiger partial charge in [0, 0.05) is 6.42 Å². The Balaban J connectivity index is 1.40. The Morgan fingerprint density at radius 1 is 1.11 bits per heavy atom. The van der Waals surface area contributed by atoms with E-state index in [1.54, 1.807) is 24.3 Å². The fraction of sp³-hybridized carbons (Fsp3) is 0.286. The van der Waals surface area contributed by atoms with Gasteiger partial charge in [0.2, 0.25) is 0 Å². The van der Waals surface area contributed by atoms with Gasteiger partial charge in [-0.15, -0.1) is 0 Å². The number of aryl methyl sites for hydroxylation is 1. The van der Waals surface area contributed by atoms with Gasteiger partial charge >= 0.3 is 6.03 Å². The minimum atomic E-state index is -0.833. The van der Waals surface area contributed by atoms with Crippen LogP contribution in [0.15, 0.2) is 48.5 Å². The Hall–Kier alpha value is -3.33. The highest BCUT2D eigenvalue weighted by Gasteiger charge is 2.52. The number of fused-ring (bicyclic) bond motifs is 1. The van der Waals surface area contributed by atoms with Crippen LogP contribution in [0, 0.1) is 11.3 Å². The normalized spacial score (nSPS) is 20.9. The molecule has 1 spiro atoms. The number of amides is 3. The standard InChI is InChI=1S/C21H19N3O3/c22-14-15-5-7-18(8-6-15)27-12-11-24-19(25)21(23-20(24)26)10-9-16-3-1-2-4-17(16)13-21/h1-8H,9-13H2,(H,23,26). The second-order valence-electron chi connectivity index (χ2n) is 6.90. The van der Waals surface area contributed by atoms with E-state index in [0.717, 1.165) is 12.0 Å². The predicted octanol–water partition coefficient (Wildman–Crippen LogP) is 2.42. The van der Waals surface area contributed by atoms with Gasteiger partial charge < -0.3 is 10.1 Å². The summed E-state index contributed by atoms with van der Waals surface area (Å²) in [6.07, 6.45) is 1.92. The summed E-state index contributed by atoms with van der Waals surface area (Å²) in [7, 11) is 0. The first-order valence-electron chi connectivity index (χ1n) is 8.95. The van der Waals surface area contributed by atoms with Gasteiger partial charge in [-0.25, -0.2) is 4.79 Å². The van der Waals surface area contributed by atoms with E-state index in [4.69, 9.17) is 10.00 Å². The highest BCUT2D eigenvalue weighted by molar-refractivity contribution is 6.07. The number of urea groups is 1. The molecule has 1 aliphatic carbocycles. The number of nitrogens with one attached hydrogen (secondary N) is 1. The molecule has 1 atom stereocenters. The molecule has 27 heavy (non-hydrogen) atoms. The second kappa shape index (κ2) is 6.76. The molecule has 2 aliphatic rings. The van der Waals surface area contributed by atoms with Crippen LogP contribution < -0.4 is 10.1 Å². The number of nitrogens with zero attached hydrogens (tertiary/aromatic N) is 2. The predicted molar refractivity (Wildman–Crippen MR) is 98.1 cm³/mol. The molecule has 0 aromatic heterocycles. The lowest BCUT2D eigenvalue weighted by Gasteiger charge is -2.32. The third-order valence-corrected chi connectivity index (χ3v) is 5.24. The van der Waals surface area contributed by atoms with E-state index in [9.17, 15) is 9.59 Å². The molecule has 0 saturated carbocycles. The maximum Gasteiger partial charge on any atom is 0.325 e. The quantitative estimate of drug-likeness (QED) is 0.848. The van der Waals surface area contributed by atoms with Crippen molar-refractivity contribution in [1.82, 2.24) is 10.2 Å². The number of ether oxygens (including phenoxy) is 1. The summed E-state index contributed by atoms with van der Waals surface area (Å²) in [5.74, 6) is 0.424. The van der Waals surface area contributed by atoms with Crippen LogP contribution in [0.1, 0.15) is 23.1 Å². The molecule has 1 fully saturated rings. The van der Waals surface area contributed by atoms with E-state index >= 15 is 0 Å². The lowest BCUT2D eigenvalue weighted by atomic mass is 9.78. The molecule has 2 aromatic rings. The van der Waals surface area contributed by atoms with Gasteiger partial charge in [-0.1, -0.05) is 24.3 Å². The maximum absolute atomic E-state index is 13.0. The summed E-state index contributed by atoms with van der Waals surface area (Å²) >= 11 is 0. The number of hydrogen-bond acceptors (Lipinski definition) is 4. The van der Waals surface area contributed by atoms with Crippen LogP contribution in [0.25, 0.3) is 0 Å². The van der Waals surface area contributed by atoms with Crippen LogP contribution in [-0.2, 0) is 17.6 Å². The molecule has 0 bridgehead atoms. The van der Waals surface area contributed by atoms with Crippen molar-refractivity contribution in [2.24, 2.45) is 0 Å². The number of carbonyl (C=O) groups excluding carboxylic acids is 2. The Morgan fingerprint density at radius 3 is 2.59 bits per heavy atom. The Kier molecular flexibility index (Phi) is 4.28. The molecule has 1 heterocycles. The van der Waals surface area contributed by atoms with E-state index in [1.807, 2.05) is 24.3 Å². The fourth-order valence-electron chi connectivity index (χ4n) is 3.78. The molecule has 4 rings (SSSR count). The summed E-state index contributed by atoms with van der Waals surface area (Å²) in [6.45, 7) is 0.395. The van der Waals surface area contributed by atoms with Crippen molar-refractivity contribution in [2.75, 3.05) is 13.2 Å². The molecule has 1 N–H and O–H groups in total. The van der Waals surface area contributed by atoms with Crippen LogP contribution in [0.5, 0.6) is 5.75 Å². The summed E-state index contributed by atoms with van der Waals surface area (Å²) in [6, 6.07) is 16.5. The molecule has 6 heteroatoms. The molecule has 2 aromatic carbocycles. The molecule has 6 nitrogen and oxygen atoms in total. The summed E-state index contributed by atoms with van der Waals surface area (Å²) in [5, 5.41) is 11.7. The van der Waals surface area contributed by atoms with Gasteiger partial charge in [-0.3, -0.25) is 9.69 Å². The van der Waals surface area contributed by atoms with E-state index in [2.05, 4.69) is 11.4 Å². The van der Waals surface area contributed by atoms with Gasteiger partial charge in [0.1, 0.15) is 17.9 Å². The molecular weight excluding hydrogens is 342 g/mol. The van der Waals surface area contributed by atoms with Crippen LogP contribution in [0.4, 0.5) is 4.79 Å². The first-order chi connectivity index (χ1) is 13.1. The third kappa shape index (κ3) is 3.13. The van der Waals surface area contributed by atoms with E-state index in [-0.39, 0.29) is 25.1 Å². The Morgan fingerprint density at radius 2 is 1.85 bits per heavy atom. The number of imide groups is 1. The van der Waals surface area contributed by atoms with Crippen molar-refractivity contribution in [3.8, 4) is 11.8 Å². The van der Waals surface area contributed by atoms with Crippen molar-refractivity contribution < 1.29 is 14.3 Å². The van der Waals surface area contributed by atoms with Gasteiger partial charge in [0.15, 0.2) is 0 Å². The molecule has 0 radical (unpaired) electrons. The summed E-state index contributed by atoms with van der Waals surface area (Å²) in [5.41, 5.74) is 2.08. The molecule has 136 valence electrons. The lowest BCUT2D eigenvalue weighted by molar-refractivity contribution is -0.132. The maximum atomic E-state index is 13.0. The monoisotopic (exact) mass is 361 g/mol. The van der Waals surface area contributed by atoms with Gasteiger partial charge in [-0.05, 0) is 48.2 Å². The highest BCUT2D eigenvalue weighted by atomic mass is 16.5. The smallest absolute Gasteiger partial charge is 0.325 e. The molecule has 1 saturated heterocycles. The van der Waals surface area contributed by atoms with E-state index < -0.39 is 5.54 Å². The first kappa shape index (κ1) is 17.1. The summed E-state index contributed by atoms with van der Waals surface area (Å²) in [4.78, 5) is 26.6. The van der Waals surface area contributed by atoms with Crippen molar-refractivity contribution in [3.05, 3.63) is 65.2 Å². The largest absolute Gasteiger partial charge is 0.492 e. The Bertz CT molecular complexity index is 932. The molecule has 1 unspecified atom stereocenters. The van der Waals surface area contributed by atoms with Crippen molar-refractivity contribution in [1.29, 1.82) is 5.26 Å². The van der Waals surface area contributed by atoms with E-state index in [1.165, 1.54) is 10.5 Å². The molecule has 3 amide bonds. The second-order valence-corrected chi connectivity index (χ2v) is 6.90. The average molecular weight is 361 g/mol. The minimum absolute atomic E-state index is 0.176. The van der Waals surface area contributed by atoms with Gasteiger partial charge in [-0.2, -0.15) is 5.26 Å². The zero-order chi connectivity index (χ0) is 18.9. The SMILES string of the molecule is N#Cc1ccc(OCCN2C(=O)NC3(CCc4ccccc4C3)C2=O)cc1. The average Bonchev–Trinajstić information content (AvgIpc) is 2.92. The molecule has 1 aliphatic heterocycles. The number of nitriles is 1. The summed E-state index contributed by atoms with van der Waals surface area (Å²) < 4.78 is 5.61. The molecular formula is C21H19N3O3. The van der Waals surface area contributed by atoms with Crippen LogP contribution >= 0.6 is 0 Å².